The van der Waals surface area contributed by atoms with Gasteiger partial charge in [-0.15, -0.1) is 0 Å². The van der Waals surface area contributed by atoms with Crippen LogP contribution < -0.4 is 5.73 Å². The van der Waals surface area contributed by atoms with Crippen LogP contribution in [0.2, 0.25) is 0 Å². The highest BCUT2D eigenvalue weighted by Crippen LogP contribution is 2.09. The van der Waals surface area contributed by atoms with Crippen molar-refractivity contribution in [3.8, 4) is 0 Å². The maximum Gasteiger partial charge on any atom is -0.00624 e. The Kier molecular flexibility index (Phi) is 18.7. The number of hydrogen-bond donors (Lipinski definition) is 1. The Bertz CT molecular complexity index is 394. The van der Waals surface area contributed by atoms with Crippen molar-refractivity contribution in [1.82, 2.24) is 0 Å². The Morgan fingerprint density at radius 2 is 0.957 bits per heavy atom. The van der Waals surface area contributed by atoms with Crippen LogP contribution >= 0.6 is 0 Å². The Morgan fingerprint density at radius 1 is 0.522 bits per heavy atom. The van der Waals surface area contributed by atoms with Crippen molar-refractivity contribution in [3.63, 3.8) is 0 Å². The molecule has 1 nitrogen and oxygen atoms in total. The Morgan fingerprint density at radius 3 is 1.48 bits per heavy atom. The molecule has 0 aliphatic carbocycles. The van der Waals surface area contributed by atoms with E-state index in [1.54, 1.807) is 6.08 Å². The summed E-state index contributed by atoms with van der Waals surface area (Å²) in [6.45, 7) is 2.27. The summed E-state index contributed by atoms with van der Waals surface area (Å²) in [4.78, 5) is 0. The SMILES string of the molecule is CCCCCCCCCCC=CC=CC=CC=CC=CC=CN. The minimum Gasteiger partial charge on any atom is -0.405 e. The van der Waals surface area contributed by atoms with Gasteiger partial charge in [-0.3, -0.25) is 0 Å². The first-order valence-corrected chi connectivity index (χ1v) is 9.12. The zero-order valence-electron chi connectivity index (χ0n) is 14.9. The topological polar surface area (TPSA) is 26.0 Å². The van der Waals surface area contributed by atoms with Gasteiger partial charge in [0.2, 0.25) is 0 Å². The van der Waals surface area contributed by atoms with Crippen LogP contribution in [0.1, 0.15) is 64.7 Å². The van der Waals surface area contributed by atoms with E-state index >= 15 is 0 Å². The molecule has 0 aromatic rings. The van der Waals surface area contributed by atoms with E-state index in [-0.39, 0.29) is 0 Å². The first-order valence-electron chi connectivity index (χ1n) is 9.12. The molecule has 0 unspecified atom stereocenters. The van der Waals surface area contributed by atoms with Gasteiger partial charge in [0.15, 0.2) is 0 Å². The van der Waals surface area contributed by atoms with Crippen molar-refractivity contribution in [1.29, 1.82) is 0 Å². The minimum atomic E-state index is 1.20. The van der Waals surface area contributed by atoms with E-state index < -0.39 is 0 Å². The smallest absolute Gasteiger partial charge is 0.00624 e. The lowest BCUT2D eigenvalue weighted by Crippen LogP contribution is -1.79. The summed E-state index contributed by atoms with van der Waals surface area (Å²) in [7, 11) is 0. The third kappa shape index (κ3) is 20.2. The largest absolute Gasteiger partial charge is 0.405 e. The third-order valence-corrected chi connectivity index (χ3v) is 3.47. The average molecular weight is 314 g/mol. The van der Waals surface area contributed by atoms with Gasteiger partial charge in [-0.2, -0.15) is 0 Å². The lowest BCUT2D eigenvalue weighted by molar-refractivity contribution is 0.577. The van der Waals surface area contributed by atoms with E-state index in [9.17, 15) is 0 Å². The first-order chi connectivity index (χ1) is 11.4. The molecule has 0 rings (SSSR count). The summed E-state index contributed by atoms with van der Waals surface area (Å²) in [6, 6.07) is 0. The summed E-state index contributed by atoms with van der Waals surface area (Å²) >= 11 is 0. The standard InChI is InChI=1S/C22H35N/c1-2-3-4-5-6-7-8-9-10-11-12-13-14-15-16-17-18-19-20-21-22-23/h11-22H,2-10,23H2,1H3. The number of hydrogen-bond acceptors (Lipinski definition) is 1. The molecule has 2 N–H and O–H groups in total. The third-order valence-electron chi connectivity index (χ3n) is 3.47. The highest BCUT2D eigenvalue weighted by molar-refractivity contribution is 5.19. The van der Waals surface area contributed by atoms with Crippen LogP contribution in [0.3, 0.4) is 0 Å². The predicted molar refractivity (Wildman–Crippen MR) is 106 cm³/mol. The molecule has 0 spiro atoms. The zero-order chi connectivity index (χ0) is 16.8. The Labute approximate surface area is 144 Å². The van der Waals surface area contributed by atoms with Gasteiger partial charge in [-0.05, 0) is 25.1 Å². The molecule has 0 saturated heterocycles. The fraction of sp³-hybridized carbons (Fsp3) is 0.455. The molecule has 0 saturated carbocycles. The summed E-state index contributed by atoms with van der Waals surface area (Å²) in [6.07, 6.45) is 36.0. The zero-order valence-corrected chi connectivity index (χ0v) is 14.9. The normalized spacial score (nSPS) is 13.3. The van der Waals surface area contributed by atoms with Gasteiger partial charge in [-0.25, -0.2) is 0 Å². The summed E-state index contributed by atoms with van der Waals surface area (Å²) in [5.41, 5.74) is 5.22. The molecular weight excluding hydrogens is 278 g/mol. The molecule has 0 amide bonds. The summed E-state index contributed by atoms with van der Waals surface area (Å²) in [5, 5.41) is 0. The average Bonchev–Trinajstić information content (AvgIpc) is 2.57. The van der Waals surface area contributed by atoms with Gasteiger partial charge in [0.1, 0.15) is 0 Å². The van der Waals surface area contributed by atoms with Crippen LogP contribution in [-0.4, -0.2) is 0 Å². The molecular formula is C22H35N. The molecule has 0 bridgehead atoms. The second-order valence-electron chi connectivity index (χ2n) is 5.62. The number of nitrogens with two attached hydrogens (primary N) is 1. The molecule has 23 heavy (non-hydrogen) atoms. The lowest BCUT2D eigenvalue weighted by Gasteiger charge is -1.99. The molecule has 0 fully saturated rings. The van der Waals surface area contributed by atoms with Crippen LogP contribution in [0.4, 0.5) is 0 Å². The predicted octanol–water partition coefficient (Wildman–Crippen LogP) is 6.77. The molecule has 0 aliphatic heterocycles. The van der Waals surface area contributed by atoms with E-state index in [1.807, 2.05) is 36.5 Å². The number of rotatable bonds is 14. The molecule has 0 aromatic heterocycles. The molecule has 0 atom stereocenters. The van der Waals surface area contributed by atoms with Gasteiger partial charge in [0.25, 0.3) is 0 Å². The van der Waals surface area contributed by atoms with Crippen molar-refractivity contribution in [3.05, 3.63) is 73.0 Å². The Balaban J connectivity index is 3.45. The van der Waals surface area contributed by atoms with Crippen LogP contribution in [0, 0.1) is 0 Å². The molecule has 128 valence electrons. The monoisotopic (exact) mass is 313 g/mol. The van der Waals surface area contributed by atoms with Crippen LogP contribution in [0.15, 0.2) is 73.0 Å². The van der Waals surface area contributed by atoms with Crippen molar-refractivity contribution >= 4 is 0 Å². The van der Waals surface area contributed by atoms with Crippen LogP contribution in [0.5, 0.6) is 0 Å². The lowest BCUT2D eigenvalue weighted by atomic mass is 10.1. The van der Waals surface area contributed by atoms with Crippen LogP contribution in [-0.2, 0) is 0 Å². The minimum absolute atomic E-state index is 1.20. The maximum absolute atomic E-state index is 5.22. The van der Waals surface area contributed by atoms with Gasteiger partial charge in [-0.1, -0.05) is 113 Å². The van der Waals surface area contributed by atoms with Gasteiger partial charge >= 0.3 is 0 Å². The Hall–Kier alpha value is -1.76. The first kappa shape index (κ1) is 21.2. The van der Waals surface area contributed by atoms with Gasteiger partial charge < -0.3 is 5.73 Å². The van der Waals surface area contributed by atoms with E-state index in [4.69, 9.17) is 5.73 Å². The molecule has 1 heteroatoms. The fourth-order valence-electron chi connectivity index (χ4n) is 2.15. The van der Waals surface area contributed by atoms with Crippen molar-refractivity contribution in [2.45, 2.75) is 64.7 Å². The maximum atomic E-state index is 5.22. The highest BCUT2D eigenvalue weighted by atomic mass is 14.5. The molecule has 0 aliphatic rings. The molecule has 0 radical (unpaired) electrons. The fourth-order valence-corrected chi connectivity index (χ4v) is 2.15. The second-order valence-corrected chi connectivity index (χ2v) is 5.62. The van der Waals surface area contributed by atoms with E-state index in [0.717, 1.165) is 0 Å². The quantitative estimate of drug-likeness (QED) is 0.278. The van der Waals surface area contributed by atoms with Crippen molar-refractivity contribution in [2.75, 3.05) is 0 Å². The van der Waals surface area contributed by atoms with E-state index in [0.29, 0.717) is 0 Å². The van der Waals surface area contributed by atoms with E-state index in [1.165, 1.54) is 64.0 Å². The van der Waals surface area contributed by atoms with Crippen molar-refractivity contribution < 1.29 is 0 Å². The highest BCUT2D eigenvalue weighted by Gasteiger charge is 1.89. The van der Waals surface area contributed by atoms with Crippen molar-refractivity contribution in [2.24, 2.45) is 5.73 Å². The summed E-state index contributed by atoms with van der Waals surface area (Å²) < 4.78 is 0. The number of unbranched alkanes of at least 4 members (excludes halogenated alkanes) is 8. The number of allylic oxidation sites excluding steroid dienone is 11. The molecule has 0 heterocycles. The van der Waals surface area contributed by atoms with Gasteiger partial charge in [0.05, 0.1) is 0 Å². The second kappa shape index (κ2) is 20.2. The summed E-state index contributed by atoms with van der Waals surface area (Å²) in [5.74, 6) is 0. The van der Waals surface area contributed by atoms with E-state index in [2.05, 4.69) is 31.2 Å². The van der Waals surface area contributed by atoms with Crippen LogP contribution in [0.25, 0.3) is 0 Å². The van der Waals surface area contributed by atoms with Gasteiger partial charge in [0, 0.05) is 0 Å². The molecule has 0 aromatic carbocycles.